The van der Waals surface area contributed by atoms with Gasteiger partial charge in [0.1, 0.15) is 0 Å². The van der Waals surface area contributed by atoms with E-state index in [2.05, 4.69) is 6.58 Å². The maximum Gasteiger partial charge on any atom is 0.317 e. The Morgan fingerprint density at radius 2 is 2.00 bits per heavy atom. The minimum atomic E-state index is -0.930. The van der Waals surface area contributed by atoms with Crippen LogP contribution in [0.15, 0.2) is 12.3 Å². The first-order valence-electron chi connectivity index (χ1n) is 4.84. The Morgan fingerprint density at radius 1 is 1.40 bits per heavy atom. The molecule has 0 aliphatic heterocycles. The highest BCUT2D eigenvalue weighted by Crippen LogP contribution is 1.95. The first-order valence-corrected chi connectivity index (χ1v) is 4.84. The quantitative estimate of drug-likeness (QED) is 0.590. The predicted octanol–water partition coefficient (Wildman–Crippen LogP) is 0.870. The summed E-state index contributed by atoms with van der Waals surface area (Å²) in [5, 5.41) is 17.6. The van der Waals surface area contributed by atoms with E-state index in [0.29, 0.717) is 13.2 Å². The van der Waals surface area contributed by atoms with Crippen LogP contribution in [0.5, 0.6) is 0 Å². The molecule has 0 aliphatic rings. The molecule has 5 heteroatoms. The molecule has 88 valence electrons. The summed E-state index contributed by atoms with van der Waals surface area (Å²) in [5.74, 6) is -0.971. The van der Waals surface area contributed by atoms with Crippen molar-refractivity contribution in [2.45, 2.75) is 20.0 Å². The lowest BCUT2D eigenvalue weighted by molar-refractivity contribution is -0.138. The van der Waals surface area contributed by atoms with E-state index >= 15 is 0 Å². The van der Waals surface area contributed by atoms with Gasteiger partial charge in [0.15, 0.2) is 0 Å². The first kappa shape index (κ1) is 13.9. The molecule has 0 rings (SSSR count). The third-order valence-corrected chi connectivity index (χ3v) is 1.62. The number of hydrogen-bond donors (Lipinski definition) is 2. The topological polar surface area (TPSA) is 70.0 Å². The van der Waals surface area contributed by atoms with Crippen LogP contribution in [0.2, 0.25) is 0 Å². The highest BCUT2D eigenvalue weighted by Gasteiger charge is 2.10. The van der Waals surface area contributed by atoms with Gasteiger partial charge in [-0.15, -0.1) is 0 Å². The molecule has 0 heterocycles. The Kier molecular flexibility index (Phi) is 6.73. The number of ether oxygens (including phenoxy) is 1. The molecule has 0 bridgehead atoms. The van der Waals surface area contributed by atoms with Crippen molar-refractivity contribution in [3.63, 3.8) is 0 Å². The molecule has 0 saturated heterocycles. The van der Waals surface area contributed by atoms with Crippen LogP contribution in [0.3, 0.4) is 0 Å². The number of rotatable bonds is 8. The fourth-order valence-electron chi connectivity index (χ4n) is 1.08. The maximum absolute atomic E-state index is 10.5. The van der Waals surface area contributed by atoms with Gasteiger partial charge in [-0.05, 0) is 13.8 Å². The van der Waals surface area contributed by atoms with Crippen LogP contribution >= 0.6 is 0 Å². The highest BCUT2D eigenvalue weighted by molar-refractivity contribution is 5.69. The number of aliphatic carboxylic acids is 1. The SMILES string of the molecule is C=C(O)CN(CCOC(C)C)CC(=O)O. The average molecular weight is 217 g/mol. The van der Waals surface area contributed by atoms with Gasteiger partial charge in [0, 0.05) is 6.54 Å². The summed E-state index contributed by atoms with van der Waals surface area (Å²) in [6.07, 6.45) is 0.119. The van der Waals surface area contributed by atoms with Crippen LogP contribution in [-0.4, -0.2) is 53.4 Å². The van der Waals surface area contributed by atoms with E-state index in [4.69, 9.17) is 14.9 Å². The van der Waals surface area contributed by atoms with E-state index in [1.54, 1.807) is 4.90 Å². The van der Waals surface area contributed by atoms with Gasteiger partial charge in [-0.2, -0.15) is 0 Å². The lowest BCUT2D eigenvalue weighted by atomic mass is 10.4. The molecule has 2 N–H and O–H groups in total. The molecule has 0 atom stereocenters. The second-order valence-electron chi connectivity index (χ2n) is 3.59. The molecular weight excluding hydrogens is 198 g/mol. The summed E-state index contributed by atoms with van der Waals surface area (Å²) >= 11 is 0. The van der Waals surface area contributed by atoms with E-state index in [9.17, 15) is 4.79 Å². The van der Waals surface area contributed by atoms with Gasteiger partial charge in [-0.25, -0.2) is 0 Å². The molecule has 0 aromatic heterocycles. The molecular formula is C10H19NO4. The molecule has 0 radical (unpaired) electrons. The second-order valence-corrected chi connectivity index (χ2v) is 3.59. The van der Waals surface area contributed by atoms with Crippen LogP contribution in [0.4, 0.5) is 0 Å². The molecule has 5 nitrogen and oxygen atoms in total. The Hall–Kier alpha value is -1.07. The van der Waals surface area contributed by atoms with E-state index in [1.165, 1.54) is 0 Å². The van der Waals surface area contributed by atoms with Crippen LogP contribution in [0.1, 0.15) is 13.8 Å². The molecule has 0 aromatic carbocycles. The standard InChI is InChI=1S/C10H19NO4/c1-8(2)15-5-4-11(6-9(3)12)7-10(13)14/h8,12H,3-7H2,1-2H3,(H,13,14). The minimum Gasteiger partial charge on any atom is -0.512 e. The summed E-state index contributed by atoms with van der Waals surface area (Å²) in [6.45, 7) is 8.09. The normalized spacial score (nSPS) is 10.9. The van der Waals surface area contributed by atoms with Gasteiger partial charge in [-0.1, -0.05) is 6.58 Å². The Morgan fingerprint density at radius 3 is 2.40 bits per heavy atom. The van der Waals surface area contributed by atoms with Crippen molar-refractivity contribution >= 4 is 5.97 Å². The molecule has 0 saturated carbocycles. The van der Waals surface area contributed by atoms with Crippen molar-refractivity contribution in [2.24, 2.45) is 0 Å². The minimum absolute atomic E-state index is 0.0409. The van der Waals surface area contributed by atoms with Crippen molar-refractivity contribution in [1.29, 1.82) is 0 Å². The Labute approximate surface area is 90.0 Å². The van der Waals surface area contributed by atoms with Gasteiger partial charge < -0.3 is 14.9 Å². The molecule has 0 aromatic rings. The average Bonchev–Trinajstić information content (AvgIpc) is 2.00. The third-order valence-electron chi connectivity index (χ3n) is 1.62. The van der Waals surface area contributed by atoms with Crippen molar-refractivity contribution in [2.75, 3.05) is 26.2 Å². The Balaban J connectivity index is 3.89. The summed E-state index contributed by atoms with van der Waals surface area (Å²) < 4.78 is 5.29. The van der Waals surface area contributed by atoms with Crippen LogP contribution in [0.25, 0.3) is 0 Å². The van der Waals surface area contributed by atoms with Gasteiger partial charge in [0.25, 0.3) is 0 Å². The smallest absolute Gasteiger partial charge is 0.317 e. The number of hydrogen-bond acceptors (Lipinski definition) is 4. The summed E-state index contributed by atoms with van der Waals surface area (Å²) in [7, 11) is 0. The molecule has 0 unspecified atom stereocenters. The van der Waals surface area contributed by atoms with Crippen LogP contribution in [0, 0.1) is 0 Å². The summed E-state index contributed by atoms with van der Waals surface area (Å²) in [5.41, 5.74) is 0. The van der Waals surface area contributed by atoms with Gasteiger partial charge >= 0.3 is 5.97 Å². The van der Waals surface area contributed by atoms with Gasteiger partial charge in [-0.3, -0.25) is 9.69 Å². The largest absolute Gasteiger partial charge is 0.512 e. The van der Waals surface area contributed by atoms with E-state index in [0.717, 1.165) is 0 Å². The lowest BCUT2D eigenvalue weighted by Crippen LogP contribution is -2.34. The summed E-state index contributed by atoms with van der Waals surface area (Å²) in [4.78, 5) is 12.1. The van der Waals surface area contributed by atoms with E-state index in [1.807, 2.05) is 13.8 Å². The molecule has 0 spiro atoms. The van der Waals surface area contributed by atoms with Crippen LogP contribution in [-0.2, 0) is 9.53 Å². The zero-order valence-corrected chi connectivity index (χ0v) is 9.27. The van der Waals surface area contributed by atoms with Crippen molar-refractivity contribution in [3.05, 3.63) is 12.3 Å². The summed E-state index contributed by atoms with van der Waals surface area (Å²) in [6, 6.07) is 0. The van der Waals surface area contributed by atoms with Crippen molar-refractivity contribution in [3.8, 4) is 0 Å². The molecule has 0 amide bonds. The fourth-order valence-corrected chi connectivity index (χ4v) is 1.08. The van der Waals surface area contributed by atoms with Gasteiger partial charge in [0.2, 0.25) is 0 Å². The number of aliphatic hydroxyl groups is 1. The van der Waals surface area contributed by atoms with Gasteiger partial charge in [0.05, 0.1) is 31.6 Å². The number of aliphatic hydroxyl groups excluding tert-OH is 1. The Bertz CT molecular complexity index is 199. The number of carbonyl (C=O) groups is 1. The molecule has 15 heavy (non-hydrogen) atoms. The zero-order valence-electron chi connectivity index (χ0n) is 9.27. The van der Waals surface area contributed by atoms with E-state index < -0.39 is 5.97 Å². The lowest BCUT2D eigenvalue weighted by Gasteiger charge is -2.19. The fraction of sp³-hybridized carbons (Fsp3) is 0.700. The maximum atomic E-state index is 10.5. The molecule has 0 fully saturated rings. The first-order chi connectivity index (χ1) is 6.91. The number of nitrogens with zero attached hydrogens (tertiary/aromatic N) is 1. The highest BCUT2D eigenvalue weighted by atomic mass is 16.5. The van der Waals surface area contributed by atoms with Crippen LogP contribution < -0.4 is 0 Å². The van der Waals surface area contributed by atoms with Crippen molar-refractivity contribution in [1.82, 2.24) is 4.90 Å². The number of carboxylic acids is 1. The third kappa shape index (κ3) is 9.24. The zero-order chi connectivity index (χ0) is 11.8. The molecule has 0 aliphatic carbocycles. The van der Waals surface area contributed by atoms with E-state index in [-0.39, 0.29) is 25.0 Å². The van der Waals surface area contributed by atoms with Crippen molar-refractivity contribution < 1.29 is 19.7 Å². The predicted molar refractivity (Wildman–Crippen MR) is 56.9 cm³/mol. The second kappa shape index (κ2) is 7.25. The number of carboxylic acid groups (broad SMARTS) is 1. The monoisotopic (exact) mass is 217 g/mol.